The number of benzene rings is 1. The fourth-order valence-corrected chi connectivity index (χ4v) is 2.60. The van der Waals surface area contributed by atoms with Gasteiger partial charge in [0.15, 0.2) is 0 Å². The van der Waals surface area contributed by atoms with Crippen LogP contribution in [0.1, 0.15) is 12.0 Å². The smallest absolute Gasteiger partial charge is 0.306 e. The second-order valence-electron chi connectivity index (χ2n) is 3.49. The molecule has 17 heavy (non-hydrogen) atoms. The molecule has 1 N–H and O–H groups in total. The molecule has 0 atom stereocenters. The van der Waals surface area contributed by atoms with Crippen LogP contribution in [0.15, 0.2) is 29.2 Å². The van der Waals surface area contributed by atoms with Gasteiger partial charge in [0.25, 0.3) is 0 Å². The van der Waals surface area contributed by atoms with Gasteiger partial charge in [0.2, 0.25) is 10.0 Å². The minimum atomic E-state index is -3.55. The summed E-state index contributed by atoms with van der Waals surface area (Å²) >= 11 is 0. The maximum Gasteiger partial charge on any atom is 0.306 e. The third kappa shape index (κ3) is 3.83. The Morgan fingerprint density at radius 1 is 1.35 bits per heavy atom. The number of sulfonamides is 1. The summed E-state index contributed by atoms with van der Waals surface area (Å²) in [6.45, 7) is 1.75. The van der Waals surface area contributed by atoms with Gasteiger partial charge in [-0.1, -0.05) is 18.2 Å². The molecule has 0 fully saturated rings. The zero-order valence-corrected chi connectivity index (χ0v) is 10.6. The fraction of sp³-hybridized carbons (Fsp3) is 0.364. The van der Waals surface area contributed by atoms with E-state index in [0.29, 0.717) is 5.56 Å². The Kier molecular flexibility index (Phi) is 4.65. The Hall–Kier alpha value is -1.40. The lowest BCUT2D eigenvalue weighted by atomic mass is 10.2. The van der Waals surface area contributed by atoms with Gasteiger partial charge in [0, 0.05) is 6.54 Å². The number of aryl methyl sites for hydroxylation is 1. The van der Waals surface area contributed by atoms with Crippen molar-refractivity contribution in [2.24, 2.45) is 0 Å². The van der Waals surface area contributed by atoms with Crippen LogP contribution in [0, 0.1) is 6.92 Å². The van der Waals surface area contributed by atoms with Gasteiger partial charge < -0.3 is 4.74 Å². The van der Waals surface area contributed by atoms with Gasteiger partial charge in [0.1, 0.15) is 0 Å². The quantitative estimate of drug-likeness (QED) is 0.793. The number of ether oxygens (including phenoxy) is 1. The number of hydrogen-bond donors (Lipinski definition) is 1. The third-order valence-electron chi connectivity index (χ3n) is 2.23. The third-order valence-corrected chi connectivity index (χ3v) is 3.85. The van der Waals surface area contributed by atoms with Gasteiger partial charge in [-0.25, -0.2) is 13.1 Å². The van der Waals surface area contributed by atoms with Crippen LogP contribution in [-0.4, -0.2) is 28.0 Å². The summed E-state index contributed by atoms with van der Waals surface area (Å²) in [5, 5.41) is 0. The number of carbonyl (C=O) groups excluding carboxylic acids is 1. The predicted molar refractivity (Wildman–Crippen MR) is 63.0 cm³/mol. The molecule has 0 aromatic heterocycles. The molecule has 0 saturated heterocycles. The van der Waals surface area contributed by atoms with Crippen molar-refractivity contribution in [3.63, 3.8) is 0 Å². The van der Waals surface area contributed by atoms with Crippen LogP contribution in [0.5, 0.6) is 0 Å². The first kappa shape index (κ1) is 13.7. The number of carbonyl (C=O) groups is 1. The number of rotatable bonds is 5. The number of hydrogen-bond acceptors (Lipinski definition) is 4. The molecule has 5 nitrogen and oxygen atoms in total. The van der Waals surface area contributed by atoms with Crippen molar-refractivity contribution in [3.8, 4) is 0 Å². The van der Waals surface area contributed by atoms with Crippen molar-refractivity contribution in [3.05, 3.63) is 29.8 Å². The van der Waals surface area contributed by atoms with Crippen LogP contribution in [0.3, 0.4) is 0 Å². The Morgan fingerprint density at radius 2 is 2.00 bits per heavy atom. The zero-order chi connectivity index (χ0) is 12.9. The van der Waals surface area contributed by atoms with Gasteiger partial charge in [0.05, 0.1) is 18.4 Å². The molecule has 0 heterocycles. The van der Waals surface area contributed by atoms with Gasteiger partial charge in [-0.2, -0.15) is 0 Å². The predicted octanol–water partition coefficient (Wildman–Crippen LogP) is 0.836. The standard InChI is InChI=1S/C11H15NO4S/c1-9-5-3-4-6-10(9)17(14,15)12-8-7-11(13)16-2/h3-6,12H,7-8H2,1-2H3. The Bertz CT molecular complexity index is 496. The molecule has 0 aliphatic carbocycles. The molecule has 0 spiro atoms. The number of methoxy groups -OCH3 is 1. The monoisotopic (exact) mass is 257 g/mol. The SMILES string of the molecule is COC(=O)CCNS(=O)(=O)c1ccccc1C. The minimum Gasteiger partial charge on any atom is -0.469 e. The Labute approximate surface area is 101 Å². The van der Waals surface area contributed by atoms with Crippen molar-refractivity contribution in [2.45, 2.75) is 18.2 Å². The molecular weight excluding hydrogens is 242 g/mol. The largest absolute Gasteiger partial charge is 0.469 e. The lowest BCUT2D eigenvalue weighted by molar-refractivity contribution is -0.140. The summed E-state index contributed by atoms with van der Waals surface area (Å²) in [4.78, 5) is 11.1. The molecule has 94 valence electrons. The average molecular weight is 257 g/mol. The molecule has 0 saturated carbocycles. The van der Waals surface area contributed by atoms with E-state index in [1.807, 2.05) is 0 Å². The first-order valence-corrected chi connectivity index (χ1v) is 6.58. The molecule has 0 amide bonds. The van der Waals surface area contributed by atoms with E-state index in [4.69, 9.17) is 0 Å². The van der Waals surface area contributed by atoms with Gasteiger partial charge in [-0.05, 0) is 18.6 Å². The second kappa shape index (κ2) is 5.79. The first-order valence-electron chi connectivity index (χ1n) is 5.09. The highest BCUT2D eigenvalue weighted by Crippen LogP contribution is 2.13. The molecule has 0 bridgehead atoms. The van der Waals surface area contributed by atoms with E-state index in [1.165, 1.54) is 13.2 Å². The van der Waals surface area contributed by atoms with Gasteiger partial charge in [-0.3, -0.25) is 4.79 Å². The van der Waals surface area contributed by atoms with E-state index in [9.17, 15) is 13.2 Å². The summed E-state index contributed by atoms with van der Waals surface area (Å²) in [5.74, 6) is -0.447. The van der Waals surface area contributed by atoms with E-state index in [-0.39, 0.29) is 17.9 Å². The molecule has 1 aromatic rings. The number of esters is 1. The van der Waals surface area contributed by atoms with E-state index in [2.05, 4.69) is 9.46 Å². The first-order chi connectivity index (χ1) is 7.97. The highest BCUT2D eigenvalue weighted by molar-refractivity contribution is 7.89. The van der Waals surface area contributed by atoms with Crippen molar-refractivity contribution in [1.82, 2.24) is 4.72 Å². The van der Waals surface area contributed by atoms with Gasteiger partial charge in [-0.15, -0.1) is 0 Å². The maximum atomic E-state index is 11.9. The number of nitrogens with one attached hydrogen (secondary N) is 1. The molecule has 0 aliphatic heterocycles. The summed E-state index contributed by atoms with van der Waals surface area (Å²) in [5.41, 5.74) is 0.665. The zero-order valence-electron chi connectivity index (χ0n) is 9.76. The van der Waals surface area contributed by atoms with Crippen molar-refractivity contribution >= 4 is 16.0 Å². The minimum absolute atomic E-state index is 0.0155. The average Bonchev–Trinajstić information content (AvgIpc) is 2.28. The highest BCUT2D eigenvalue weighted by atomic mass is 32.2. The lowest BCUT2D eigenvalue weighted by Gasteiger charge is -2.08. The van der Waals surface area contributed by atoms with Gasteiger partial charge >= 0.3 is 5.97 Å². The topological polar surface area (TPSA) is 72.5 Å². The normalized spacial score (nSPS) is 11.2. The fourth-order valence-electron chi connectivity index (χ4n) is 1.33. The van der Waals surface area contributed by atoms with Crippen molar-refractivity contribution in [2.75, 3.05) is 13.7 Å². The molecular formula is C11H15NO4S. The van der Waals surface area contributed by atoms with Crippen LogP contribution < -0.4 is 4.72 Å². The molecule has 6 heteroatoms. The Balaban J connectivity index is 2.70. The van der Waals surface area contributed by atoms with E-state index >= 15 is 0 Å². The summed E-state index contributed by atoms with van der Waals surface area (Å²) in [6.07, 6.45) is 0.0155. The molecule has 0 radical (unpaired) electrons. The summed E-state index contributed by atoms with van der Waals surface area (Å²) in [6, 6.07) is 6.66. The van der Waals surface area contributed by atoms with Crippen LogP contribution in [-0.2, 0) is 19.6 Å². The highest BCUT2D eigenvalue weighted by Gasteiger charge is 2.15. The van der Waals surface area contributed by atoms with E-state index in [0.717, 1.165) is 0 Å². The molecule has 0 aliphatic rings. The van der Waals surface area contributed by atoms with E-state index in [1.54, 1.807) is 25.1 Å². The van der Waals surface area contributed by atoms with Crippen LogP contribution >= 0.6 is 0 Å². The van der Waals surface area contributed by atoms with E-state index < -0.39 is 16.0 Å². The van der Waals surface area contributed by atoms with Crippen molar-refractivity contribution < 1.29 is 17.9 Å². The van der Waals surface area contributed by atoms with Crippen LogP contribution in [0.25, 0.3) is 0 Å². The summed E-state index contributed by atoms with van der Waals surface area (Å²) < 4.78 is 30.5. The maximum absolute atomic E-state index is 11.9. The van der Waals surface area contributed by atoms with Crippen LogP contribution in [0.4, 0.5) is 0 Å². The summed E-state index contributed by atoms with van der Waals surface area (Å²) in [7, 11) is -2.29. The van der Waals surface area contributed by atoms with Crippen LogP contribution in [0.2, 0.25) is 0 Å². The molecule has 1 rings (SSSR count). The molecule has 1 aromatic carbocycles. The van der Waals surface area contributed by atoms with Crippen molar-refractivity contribution in [1.29, 1.82) is 0 Å². The lowest BCUT2D eigenvalue weighted by Crippen LogP contribution is -2.27. The second-order valence-corrected chi connectivity index (χ2v) is 5.22. The molecule has 0 unspecified atom stereocenters. The Morgan fingerprint density at radius 3 is 2.59 bits per heavy atom.